The SMILES string of the molecule is CN(C)[C@@H]1C(=O)C(C(N)=O)=C(O)[C@@]2(O)C(=O)C3=C(O)c4c(O)c(N)cc(Br)c4C[C@H]3C[C@@H]12. The van der Waals surface area contributed by atoms with E-state index in [9.17, 15) is 34.8 Å². The Hall–Kier alpha value is -2.89. The average Bonchev–Trinajstić information content (AvgIpc) is 2.68. The van der Waals surface area contributed by atoms with Crippen molar-refractivity contribution in [2.45, 2.75) is 24.5 Å². The summed E-state index contributed by atoms with van der Waals surface area (Å²) in [7, 11) is 3.09. The Morgan fingerprint density at radius 3 is 2.44 bits per heavy atom. The number of phenolic OH excluding ortho intramolecular Hbond substituents is 1. The van der Waals surface area contributed by atoms with Crippen molar-refractivity contribution in [3.8, 4) is 5.75 Å². The Morgan fingerprint density at radius 2 is 1.88 bits per heavy atom. The summed E-state index contributed by atoms with van der Waals surface area (Å²) >= 11 is 3.36. The van der Waals surface area contributed by atoms with Crippen molar-refractivity contribution in [1.29, 1.82) is 0 Å². The minimum Gasteiger partial charge on any atom is -0.508 e. The highest BCUT2D eigenvalue weighted by molar-refractivity contribution is 9.10. The Kier molecular flexibility index (Phi) is 4.92. The van der Waals surface area contributed by atoms with E-state index in [2.05, 4.69) is 15.9 Å². The first-order chi connectivity index (χ1) is 14.8. The second-order valence-electron chi connectivity index (χ2n) is 8.61. The fourth-order valence-electron chi connectivity index (χ4n) is 5.29. The van der Waals surface area contributed by atoms with Gasteiger partial charge in [0.15, 0.2) is 11.4 Å². The van der Waals surface area contributed by atoms with E-state index in [4.69, 9.17) is 11.5 Å². The van der Waals surface area contributed by atoms with Crippen LogP contribution in [0.5, 0.6) is 5.75 Å². The molecule has 0 saturated heterocycles. The summed E-state index contributed by atoms with van der Waals surface area (Å²) in [5.41, 5.74) is 7.79. The molecule has 1 aromatic carbocycles. The number of benzene rings is 1. The molecule has 0 heterocycles. The van der Waals surface area contributed by atoms with Crippen LogP contribution in [-0.4, -0.2) is 68.5 Å². The van der Waals surface area contributed by atoms with Crippen molar-refractivity contribution >= 4 is 44.9 Å². The number of hydrogen-bond donors (Lipinski definition) is 6. The number of amides is 1. The molecule has 4 rings (SSSR count). The van der Waals surface area contributed by atoms with Gasteiger partial charge in [-0.3, -0.25) is 19.3 Å². The van der Waals surface area contributed by atoms with Crippen molar-refractivity contribution in [2.24, 2.45) is 17.6 Å². The molecule has 0 unspecified atom stereocenters. The largest absolute Gasteiger partial charge is 0.508 e. The van der Waals surface area contributed by atoms with Crippen LogP contribution < -0.4 is 11.5 Å². The lowest BCUT2D eigenvalue weighted by Crippen LogP contribution is -2.65. The highest BCUT2D eigenvalue weighted by atomic mass is 79.9. The third kappa shape index (κ3) is 2.68. The molecule has 4 atom stereocenters. The van der Waals surface area contributed by atoms with Gasteiger partial charge in [0.05, 0.1) is 17.3 Å². The molecule has 3 aliphatic rings. The standard InChI is InChI=1S/C21H22BrN3O7/c1-25(2)14-8-4-6-3-7-9(22)5-10(23)15(26)12(7)16(27)11(6)18(29)21(8,32)19(30)13(17(14)28)20(24)31/h5-6,8,14,26-27,30,32H,3-4,23H2,1-2H3,(H2,24,31)/t6-,8-,14-,21-/m0/s1. The number of likely N-dealkylation sites (N-methyl/N-ethyl adjacent to an activating group) is 1. The number of halogens is 1. The topological polar surface area (TPSA) is 187 Å². The van der Waals surface area contributed by atoms with Crippen LogP contribution in [0.2, 0.25) is 0 Å². The third-order valence-corrected chi connectivity index (χ3v) is 7.40. The van der Waals surface area contributed by atoms with Gasteiger partial charge >= 0.3 is 0 Å². The molecule has 10 nitrogen and oxygen atoms in total. The van der Waals surface area contributed by atoms with Crippen LogP contribution in [-0.2, 0) is 20.8 Å². The number of aliphatic hydroxyl groups excluding tert-OH is 2. The normalized spacial score (nSPS) is 29.7. The van der Waals surface area contributed by atoms with Gasteiger partial charge < -0.3 is 31.9 Å². The fourth-order valence-corrected chi connectivity index (χ4v) is 5.89. The predicted octanol–water partition coefficient (Wildman–Crippen LogP) is 0.309. The van der Waals surface area contributed by atoms with E-state index in [1.165, 1.54) is 11.0 Å². The molecule has 3 aliphatic carbocycles. The third-order valence-electron chi connectivity index (χ3n) is 6.70. The quantitative estimate of drug-likeness (QED) is 0.186. The number of nitrogens with zero attached hydrogens (tertiary/aromatic N) is 1. The van der Waals surface area contributed by atoms with Crippen LogP contribution in [0.4, 0.5) is 5.69 Å². The summed E-state index contributed by atoms with van der Waals surface area (Å²) in [6.07, 6.45) is 0.228. The molecule has 1 fully saturated rings. The van der Waals surface area contributed by atoms with Crippen LogP contribution in [0, 0.1) is 11.8 Å². The summed E-state index contributed by atoms with van der Waals surface area (Å²) in [6.45, 7) is 0. The summed E-state index contributed by atoms with van der Waals surface area (Å²) in [4.78, 5) is 40.0. The van der Waals surface area contributed by atoms with Crippen molar-refractivity contribution in [2.75, 3.05) is 19.8 Å². The van der Waals surface area contributed by atoms with Gasteiger partial charge in [0, 0.05) is 16.0 Å². The van der Waals surface area contributed by atoms with Crippen molar-refractivity contribution in [3.63, 3.8) is 0 Å². The maximum absolute atomic E-state index is 13.6. The average molecular weight is 508 g/mol. The summed E-state index contributed by atoms with van der Waals surface area (Å²) < 4.78 is 0.518. The van der Waals surface area contributed by atoms with E-state index in [1.807, 2.05) is 0 Å². The van der Waals surface area contributed by atoms with E-state index < -0.39 is 63.8 Å². The van der Waals surface area contributed by atoms with Crippen molar-refractivity contribution in [1.82, 2.24) is 4.90 Å². The summed E-state index contributed by atoms with van der Waals surface area (Å²) in [5, 5.41) is 43.7. The number of nitrogen functional groups attached to an aromatic ring is 1. The lowest BCUT2D eigenvalue weighted by Gasteiger charge is -2.50. The second-order valence-corrected chi connectivity index (χ2v) is 9.47. The number of primary amides is 1. The Bertz CT molecular complexity index is 1170. The zero-order valence-electron chi connectivity index (χ0n) is 17.2. The molecule has 0 spiro atoms. The van der Waals surface area contributed by atoms with Gasteiger partial charge in [-0.1, -0.05) is 15.9 Å². The predicted molar refractivity (Wildman–Crippen MR) is 116 cm³/mol. The molecule has 32 heavy (non-hydrogen) atoms. The number of phenols is 1. The van der Waals surface area contributed by atoms with Crippen LogP contribution in [0.1, 0.15) is 17.5 Å². The summed E-state index contributed by atoms with van der Waals surface area (Å²) in [5.74, 6) is -6.98. The lowest BCUT2D eigenvalue weighted by atomic mass is 9.57. The number of aliphatic hydroxyl groups is 3. The van der Waals surface area contributed by atoms with E-state index in [0.717, 1.165) is 0 Å². The molecule has 1 aromatic rings. The molecule has 0 aromatic heterocycles. The van der Waals surface area contributed by atoms with E-state index in [1.54, 1.807) is 14.1 Å². The highest BCUT2D eigenvalue weighted by Crippen LogP contribution is 2.53. The van der Waals surface area contributed by atoms with Gasteiger partial charge in [0.25, 0.3) is 5.91 Å². The second kappa shape index (κ2) is 7.06. The summed E-state index contributed by atoms with van der Waals surface area (Å²) in [6, 6.07) is 0.365. The monoisotopic (exact) mass is 507 g/mol. The molecule has 0 bridgehead atoms. The number of anilines is 1. The first-order valence-corrected chi connectivity index (χ1v) is 10.6. The molecule has 0 aliphatic heterocycles. The maximum Gasteiger partial charge on any atom is 0.255 e. The number of ketones is 2. The van der Waals surface area contributed by atoms with E-state index in [-0.39, 0.29) is 29.7 Å². The van der Waals surface area contributed by atoms with Gasteiger partial charge in [-0.15, -0.1) is 0 Å². The van der Waals surface area contributed by atoms with E-state index >= 15 is 0 Å². The van der Waals surface area contributed by atoms with Crippen LogP contribution in [0.3, 0.4) is 0 Å². The molecule has 8 N–H and O–H groups in total. The lowest BCUT2D eigenvalue weighted by molar-refractivity contribution is -0.153. The van der Waals surface area contributed by atoms with Gasteiger partial charge in [0.1, 0.15) is 22.8 Å². The van der Waals surface area contributed by atoms with Gasteiger partial charge in [-0.05, 0) is 44.5 Å². The molecule has 170 valence electrons. The van der Waals surface area contributed by atoms with Crippen LogP contribution in [0.15, 0.2) is 27.4 Å². The van der Waals surface area contributed by atoms with Gasteiger partial charge in [-0.25, -0.2) is 0 Å². The zero-order chi connectivity index (χ0) is 23.9. The molecule has 11 heteroatoms. The fraction of sp³-hybridized carbons (Fsp3) is 0.381. The minimum absolute atomic E-state index is 0.0311. The van der Waals surface area contributed by atoms with Crippen LogP contribution >= 0.6 is 15.9 Å². The zero-order valence-corrected chi connectivity index (χ0v) is 18.8. The first-order valence-electron chi connectivity index (χ1n) is 9.78. The number of aromatic hydroxyl groups is 1. The first kappa shape index (κ1) is 22.3. The number of hydrogen-bond acceptors (Lipinski definition) is 9. The molecular formula is C21H22BrN3O7. The molecule has 1 saturated carbocycles. The number of carbonyl (C=O) groups is 3. The molecule has 1 amide bonds. The van der Waals surface area contributed by atoms with Gasteiger partial charge in [0.2, 0.25) is 5.78 Å². The Morgan fingerprint density at radius 1 is 1.25 bits per heavy atom. The highest BCUT2D eigenvalue weighted by Gasteiger charge is 2.64. The maximum atomic E-state index is 13.6. The number of nitrogens with two attached hydrogens (primary N) is 2. The number of rotatable bonds is 2. The van der Waals surface area contributed by atoms with Crippen LogP contribution in [0.25, 0.3) is 5.76 Å². The van der Waals surface area contributed by atoms with Gasteiger partial charge in [-0.2, -0.15) is 0 Å². The molecular weight excluding hydrogens is 486 g/mol. The number of Topliss-reactive ketones (excluding diaryl/α,β-unsaturated/α-hetero) is 2. The Labute approximate surface area is 190 Å². The Balaban J connectivity index is 2.00. The van der Waals surface area contributed by atoms with Crippen molar-refractivity contribution < 1.29 is 34.8 Å². The van der Waals surface area contributed by atoms with Crippen molar-refractivity contribution in [3.05, 3.63) is 38.6 Å². The minimum atomic E-state index is -2.66. The number of fused-ring (bicyclic) bond motifs is 3. The molecule has 0 radical (unpaired) electrons. The van der Waals surface area contributed by atoms with E-state index in [0.29, 0.717) is 10.0 Å². The smallest absolute Gasteiger partial charge is 0.255 e. The number of carbonyl (C=O) groups excluding carboxylic acids is 3.